The van der Waals surface area contributed by atoms with Gasteiger partial charge in [-0.05, 0) is 24.6 Å². The Morgan fingerprint density at radius 1 is 1.17 bits per heavy atom. The number of methoxy groups -OCH3 is 2. The second-order valence-electron chi connectivity index (χ2n) is 4.03. The molecule has 0 saturated carbocycles. The second-order valence-corrected chi connectivity index (χ2v) is 4.03. The molecule has 4 heteroatoms. The largest absolute Gasteiger partial charge is 0.493 e. The Hall–Kier alpha value is -1.71. The molecule has 0 atom stereocenters. The topological polar surface area (TPSA) is 47.6 Å². The summed E-state index contributed by atoms with van der Waals surface area (Å²) in [6.07, 6.45) is 3.29. The van der Waals surface area contributed by atoms with Crippen LogP contribution in [-0.4, -0.2) is 26.7 Å². The molecule has 1 aromatic rings. The van der Waals surface area contributed by atoms with Crippen molar-refractivity contribution >= 4 is 5.91 Å². The highest BCUT2D eigenvalue weighted by Gasteiger charge is 2.09. The van der Waals surface area contributed by atoms with Crippen molar-refractivity contribution < 1.29 is 14.3 Å². The fraction of sp³-hybridized carbons (Fsp3) is 0.500. The lowest BCUT2D eigenvalue weighted by molar-refractivity contribution is 0.0952. The summed E-state index contributed by atoms with van der Waals surface area (Å²) in [4.78, 5) is 11.9. The maximum atomic E-state index is 11.9. The van der Waals surface area contributed by atoms with E-state index in [1.807, 2.05) is 0 Å². The van der Waals surface area contributed by atoms with Gasteiger partial charge in [-0.1, -0.05) is 19.8 Å². The molecule has 1 aromatic carbocycles. The molecule has 1 amide bonds. The number of hydrogen-bond donors (Lipinski definition) is 1. The minimum atomic E-state index is -0.0768. The van der Waals surface area contributed by atoms with E-state index in [-0.39, 0.29) is 5.91 Å². The Morgan fingerprint density at radius 2 is 1.89 bits per heavy atom. The van der Waals surface area contributed by atoms with E-state index < -0.39 is 0 Å². The summed E-state index contributed by atoms with van der Waals surface area (Å²) in [6.45, 7) is 2.84. The molecule has 1 N–H and O–H groups in total. The van der Waals surface area contributed by atoms with Crippen LogP contribution in [0, 0.1) is 0 Å². The zero-order valence-electron chi connectivity index (χ0n) is 11.3. The van der Waals surface area contributed by atoms with Gasteiger partial charge in [0.25, 0.3) is 5.91 Å². The van der Waals surface area contributed by atoms with Gasteiger partial charge in [-0.3, -0.25) is 4.79 Å². The van der Waals surface area contributed by atoms with Crippen LogP contribution in [0.15, 0.2) is 18.2 Å². The molecular formula is C14H21NO3. The lowest BCUT2D eigenvalue weighted by atomic mass is 10.2. The van der Waals surface area contributed by atoms with Gasteiger partial charge in [0.1, 0.15) is 0 Å². The summed E-state index contributed by atoms with van der Waals surface area (Å²) in [7, 11) is 3.13. The van der Waals surface area contributed by atoms with Crippen LogP contribution in [0.5, 0.6) is 11.5 Å². The highest BCUT2D eigenvalue weighted by atomic mass is 16.5. The Morgan fingerprint density at radius 3 is 2.50 bits per heavy atom. The summed E-state index contributed by atoms with van der Waals surface area (Å²) in [6, 6.07) is 5.16. The van der Waals surface area contributed by atoms with Crippen LogP contribution in [0.3, 0.4) is 0 Å². The molecule has 18 heavy (non-hydrogen) atoms. The van der Waals surface area contributed by atoms with Gasteiger partial charge < -0.3 is 14.8 Å². The molecule has 0 fully saturated rings. The molecule has 0 aliphatic rings. The fourth-order valence-electron chi connectivity index (χ4n) is 1.66. The van der Waals surface area contributed by atoms with Crippen LogP contribution in [0.4, 0.5) is 0 Å². The molecule has 0 aromatic heterocycles. The summed E-state index contributed by atoms with van der Waals surface area (Å²) in [5, 5.41) is 2.89. The van der Waals surface area contributed by atoms with Crippen molar-refractivity contribution in [2.75, 3.05) is 20.8 Å². The molecule has 0 heterocycles. The van der Waals surface area contributed by atoms with Crippen LogP contribution in [0.1, 0.15) is 36.5 Å². The van der Waals surface area contributed by atoms with Crippen LogP contribution >= 0.6 is 0 Å². The molecule has 100 valence electrons. The van der Waals surface area contributed by atoms with Crippen molar-refractivity contribution in [3.05, 3.63) is 23.8 Å². The number of carbonyl (C=O) groups is 1. The number of benzene rings is 1. The molecule has 0 radical (unpaired) electrons. The van der Waals surface area contributed by atoms with Crippen LogP contribution in [0.25, 0.3) is 0 Å². The van der Waals surface area contributed by atoms with Gasteiger partial charge in [-0.15, -0.1) is 0 Å². The van der Waals surface area contributed by atoms with Crippen molar-refractivity contribution in [3.8, 4) is 11.5 Å². The Balaban J connectivity index is 2.62. The maximum absolute atomic E-state index is 11.9. The summed E-state index contributed by atoms with van der Waals surface area (Å²) in [5.41, 5.74) is 0.587. The van der Waals surface area contributed by atoms with Crippen LogP contribution in [-0.2, 0) is 0 Å². The third kappa shape index (κ3) is 3.95. The van der Waals surface area contributed by atoms with Crippen molar-refractivity contribution in [2.24, 2.45) is 0 Å². The van der Waals surface area contributed by atoms with E-state index in [4.69, 9.17) is 9.47 Å². The van der Waals surface area contributed by atoms with Gasteiger partial charge >= 0.3 is 0 Å². The lowest BCUT2D eigenvalue weighted by Crippen LogP contribution is -2.24. The highest BCUT2D eigenvalue weighted by molar-refractivity contribution is 5.94. The Kier molecular flexibility index (Phi) is 6.05. The molecule has 0 aliphatic carbocycles. The molecule has 0 bridgehead atoms. The molecule has 0 unspecified atom stereocenters. The number of ether oxygens (including phenoxy) is 2. The monoisotopic (exact) mass is 251 g/mol. The average molecular weight is 251 g/mol. The van der Waals surface area contributed by atoms with Crippen molar-refractivity contribution in [1.29, 1.82) is 0 Å². The number of rotatable bonds is 7. The fourth-order valence-corrected chi connectivity index (χ4v) is 1.66. The zero-order valence-corrected chi connectivity index (χ0v) is 11.3. The lowest BCUT2D eigenvalue weighted by Gasteiger charge is -2.09. The first-order valence-electron chi connectivity index (χ1n) is 6.23. The quantitative estimate of drug-likeness (QED) is 0.758. The van der Waals surface area contributed by atoms with Crippen molar-refractivity contribution in [1.82, 2.24) is 5.32 Å². The first kappa shape index (κ1) is 14.4. The van der Waals surface area contributed by atoms with Crippen LogP contribution in [0.2, 0.25) is 0 Å². The van der Waals surface area contributed by atoms with Crippen LogP contribution < -0.4 is 14.8 Å². The minimum absolute atomic E-state index is 0.0768. The van der Waals surface area contributed by atoms with E-state index in [9.17, 15) is 4.79 Å². The van der Waals surface area contributed by atoms with E-state index in [0.29, 0.717) is 23.6 Å². The number of amides is 1. The van der Waals surface area contributed by atoms with Gasteiger partial charge in [-0.25, -0.2) is 0 Å². The zero-order chi connectivity index (χ0) is 13.4. The smallest absolute Gasteiger partial charge is 0.251 e. The van der Waals surface area contributed by atoms with E-state index in [1.165, 1.54) is 0 Å². The third-order valence-electron chi connectivity index (χ3n) is 2.71. The summed E-state index contributed by atoms with van der Waals surface area (Å²) in [5.74, 6) is 1.12. The molecule has 0 spiro atoms. The molecular weight excluding hydrogens is 230 g/mol. The highest BCUT2D eigenvalue weighted by Crippen LogP contribution is 2.27. The van der Waals surface area contributed by atoms with Gasteiger partial charge in [0.15, 0.2) is 11.5 Å². The number of hydrogen-bond acceptors (Lipinski definition) is 3. The number of nitrogens with one attached hydrogen (secondary N) is 1. The van der Waals surface area contributed by atoms with Gasteiger partial charge in [0, 0.05) is 12.1 Å². The van der Waals surface area contributed by atoms with E-state index in [1.54, 1.807) is 32.4 Å². The maximum Gasteiger partial charge on any atom is 0.251 e. The van der Waals surface area contributed by atoms with E-state index >= 15 is 0 Å². The molecule has 0 saturated heterocycles. The molecule has 0 aliphatic heterocycles. The first-order chi connectivity index (χ1) is 8.72. The molecule has 1 rings (SSSR count). The van der Waals surface area contributed by atoms with E-state index in [0.717, 1.165) is 19.3 Å². The summed E-state index contributed by atoms with van der Waals surface area (Å²) < 4.78 is 10.3. The standard InChI is InChI=1S/C14H21NO3/c1-4-5-6-9-15-14(16)11-7-8-12(17-2)13(10-11)18-3/h7-8,10H,4-6,9H2,1-3H3,(H,15,16). The number of carbonyl (C=O) groups excluding carboxylic acids is 1. The summed E-state index contributed by atoms with van der Waals surface area (Å²) >= 11 is 0. The van der Waals surface area contributed by atoms with Crippen molar-refractivity contribution in [2.45, 2.75) is 26.2 Å². The minimum Gasteiger partial charge on any atom is -0.493 e. The third-order valence-corrected chi connectivity index (χ3v) is 2.71. The molecule has 4 nitrogen and oxygen atoms in total. The SMILES string of the molecule is CCCCCNC(=O)c1ccc(OC)c(OC)c1. The van der Waals surface area contributed by atoms with Gasteiger partial charge in [0.2, 0.25) is 0 Å². The van der Waals surface area contributed by atoms with E-state index in [2.05, 4.69) is 12.2 Å². The predicted octanol–water partition coefficient (Wildman–Crippen LogP) is 2.62. The number of unbranched alkanes of at least 4 members (excludes halogenated alkanes) is 2. The first-order valence-corrected chi connectivity index (χ1v) is 6.23. The normalized spacial score (nSPS) is 9.94. The Labute approximate surface area is 108 Å². The predicted molar refractivity (Wildman–Crippen MR) is 71.4 cm³/mol. The Bertz CT molecular complexity index is 391. The second kappa shape index (κ2) is 7.58. The van der Waals surface area contributed by atoms with Gasteiger partial charge in [-0.2, -0.15) is 0 Å². The van der Waals surface area contributed by atoms with Crippen molar-refractivity contribution in [3.63, 3.8) is 0 Å². The van der Waals surface area contributed by atoms with Gasteiger partial charge in [0.05, 0.1) is 14.2 Å². The average Bonchev–Trinajstić information content (AvgIpc) is 2.42.